The molecule has 10 heteroatoms. The molecular weight excluding hydrogens is 378 g/mol. The summed E-state index contributed by atoms with van der Waals surface area (Å²) in [5, 5.41) is 20.7. The SMILES string of the molecule is O=[N+]([O-])c1c(NCc2ccc(-c3csnn3)cc2)ncnc1N1CC=CCC1. The van der Waals surface area contributed by atoms with E-state index in [2.05, 4.69) is 30.9 Å². The summed E-state index contributed by atoms with van der Waals surface area (Å²) in [7, 11) is 0. The van der Waals surface area contributed by atoms with Crippen molar-refractivity contribution in [1.29, 1.82) is 0 Å². The highest BCUT2D eigenvalue weighted by Crippen LogP contribution is 2.32. The van der Waals surface area contributed by atoms with Gasteiger partial charge in [-0.2, -0.15) is 0 Å². The van der Waals surface area contributed by atoms with Crippen molar-refractivity contribution in [1.82, 2.24) is 19.6 Å². The molecule has 28 heavy (non-hydrogen) atoms. The molecule has 0 saturated heterocycles. The maximum Gasteiger partial charge on any atom is 0.353 e. The number of aromatic nitrogens is 4. The van der Waals surface area contributed by atoms with Crippen molar-refractivity contribution in [3.63, 3.8) is 0 Å². The molecule has 0 atom stereocenters. The van der Waals surface area contributed by atoms with Crippen LogP contribution in [0.2, 0.25) is 0 Å². The number of nitrogens with one attached hydrogen (secondary N) is 1. The largest absolute Gasteiger partial charge is 0.360 e. The first kappa shape index (κ1) is 18.0. The third kappa shape index (κ3) is 3.81. The van der Waals surface area contributed by atoms with Crippen LogP contribution in [0.5, 0.6) is 0 Å². The van der Waals surface area contributed by atoms with Crippen LogP contribution in [-0.4, -0.2) is 37.6 Å². The van der Waals surface area contributed by atoms with E-state index in [-0.39, 0.29) is 11.5 Å². The summed E-state index contributed by atoms with van der Waals surface area (Å²) in [6.07, 6.45) is 6.25. The van der Waals surface area contributed by atoms with E-state index in [9.17, 15) is 10.1 Å². The fraction of sp³-hybridized carbons (Fsp3) is 0.222. The maximum absolute atomic E-state index is 11.7. The van der Waals surface area contributed by atoms with E-state index in [0.717, 1.165) is 23.2 Å². The first-order valence-corrected chi connectivity index (χ1v) is 9.55. The van der Waals surface area contributed by atoms with Crippen LogP contribution in [0.4, 0.5) is 17.3 Å². The van der Waals surface area contributed by atoms with Crippen molar-refractivity contribution in [2.24, 2.45) is 0 Å². The Balaban J connectivity index is 1.53. The van der Waals surface area contributed by atoms with Crippen molar-refractivity contribution in [3.05, 3.63) is 63.8 Å². The van der Waals surface area contributed by atoms with Crippen LogP contribution < -0.4 is 10.2 Å². The average Bonchev–Trinajstić information content (AvgIpc) is 3.28. The van der Waals surface area contributed by atoms with Crippen molar-refractivity contribution < 1.29 is 4.92 Å². The Morgan fingerprint density at radius 2 is 2.07 bits per heavy atom. The molecule has 0 fully saturated rings. The molecule has 0 unspecified atom stereocenters. The van der Waals surface area contributed by atoms with Gasteiger partial charge in [-0.1, -0.05) is 40.9 Å². The van der Waals surface area contributed by atoms with E-state index in [1.165, 1.54) is 17.9 Å². The van der Waals surface area contributed by atoms with Crippen LogP contribution >= 0.6 is 11.5 Å². The fourth-order valence-corrected chi connectivity index (χ4v) is 3.47. The molecule has 2 aromatic heterocycles. The van der Waals surface area contributed by atoms with Crippen LogP contribution in [0.15, 0.2) is 48.1 Å². The molecule has 0 saturated carbocycles. The molecule has 0 bridgehead atoms. The third-order valence-corrected chi connectivity index (χ3v) is 4.92. The lowest BCUT2D eigenvalue weighted by atomic mass is 10.1. The fourth-order valence-electron chi connectivity index (χ4n) is 3.00. The second-order valence-electron chi connectivity index (χ2n) is 6.20. The Hall–Kier alpha value is -3.40. The zero-order valence-corrected chi connectivity index (χ0v) is 15.7. The quantitative estimate of drug-likeness (QED) is 0.385. The van der Waals surface area contributed by atoms with Crippen LogP contribution in [0, 0.1) is 10.1 Å². The minimum absolute atomic E-state index is 0.0945. The zero-order chi connectivity index (χ0) is 19.3. The zero-order valence-electron chi connectivity index (χ0n) is 14.9. The number of benzene rings is 1. The number of hydrogen-bond donors (Lipinski definition) is 1. The van der Waals surface area contributed by atoms with E-state index in [1.54, 1.807) is 0 Å². The van der Waals surface area contributed by atoms with Crippen molar-refractivity contribution in [2.45, 2.75) is 13.0 Å². The minimum Gasteiger partial charge on any atom is -0.360 e. The Labute approximate surface area is 165 Å². The Kier molecular flexibility index (Phi) is 5.20. The summed E-state index contributed by atoms with van der Waals surface area (Å²) in [5.41, 5.74) is 2.69. The van der Waals surface area contributed by atoms with Gasteiger partial charge in [0, 0.05) is 30.6 Å². The molecule has 3 heterocycles. The van der Waals surface area contributed by atoms with E-state index in [4.69, 9.17) is 0 Å². The average molecular weight is 395 g/mol. The first-order valence-electron chi connectivity index (χ1n) is 8.72. The molecule has 9 nitrogen and oxygen atoms in total. The van der Waals surface area contributed by atoms with Gasteiger partial charge >= 0.3 is 5.69 Å². The lowest BCUT2D eigenvalue weighted by molar-refractivity contribution is -0.383. The van der Waals surface area contributed by atoms with Gasteiger partial charge in [-0.05, 0) is 23.5 Å². The molecule has 1 aliphatic rings. The molecule has 1 N–H and O–H groups in total. The van der Waals surface area contributed by atoms with Gasteiger partial charge in [0.05, 0.1) is 4.92 Å². The number of hydrogen-bond acceptors (Lipinski definition) is 9. The van der Waals surface area contributed by atoms with Gasteiger partial charge < -0.3 is 10.2 Å². The Morgan fingerprint density at radius 1 is 1.21 bits per heavy atom. The normalized spacial score (nSPS) is 13.5. The number of anilines is 2. The Bertz CT molecular complexity index is 990. The van der Waals surface area contributed by atoms with Gasteiger partial charge in [0.1, 0.15) is 12.0 Å². The lowest BCUT2D eigenvalue weighted by Gasteiger charge is -2.24. The van der Waals surface area contributed by atoms with Crippen molar-refractivity contribution >= 4 is 28.9 Å². The topological polar surface area (TPSA) is 110 Å². The minimum atomic E-state index is -0.422. The van der Waals surface area contributed by atoms with E-state index in [1.807, 2.05) is 40.6 Å². The molecule has 4 rings (SSSR count). The smallest absolute Gasteiger partial charge is 0.353 e. The van der Waals surface area contributed by atoms with E-state index in [0.29, 0.717) is 25.5 Å². The van der Waals surface area contributed by atoms with Crippen molar-refractivity contribution in [2.75, 3.05) is 23.3 Å². The Morgan fingerprint density at radius 3 is 2.75 bits per heavy atom. The number of nitrogens with zero attached hydrogens (tertiary/aromatic N) is 6. The molecule has 0 spiro atoms. The molecule has 1 aliphatic heterocycles. The monoisotopic (exact) mass is 395 g/mol. The number of rotatable bonds is 6. The van der Waals surface area contributed by atoms with Crippen LogP contribution in [-0.2, 0) is 6.54 Å². The maximum atomic E-state index is 11.7. The summed E-state index contributed by atoms with van der Waals surface area (Å²) in [6, 6.07) is 7.80. The molecule has 0 amide bonds. The van der Waals surface area contributed by atoms with Gasteiger partial charge in [0.25, 0.3) is 0 Å². The molecular formula is C18H17N7O2S. The lowest BCUT2D eigenvalue weighted by Crippen LogP contribution is -2.28. The van der Waals surface area contributed by atoms with E-state index >= 15 is 0 Å². The summed E-state index contributed by atoms with van der Waals surface area (Å²) in [6.45, 7) is 1.71. The first-order chi connectivity index (χ1) is 13.7. The van der Waals surface area contributed by atoms with Crippen LogP contribution in [0.3, 0.4) is 0 Å². The van der Waals surface area contributed by atoms with E-state index < -0.39 is 4.92 Å². The molecule has 0 aliphatic carbocycles. The predicted octanol–water partition coefficient (Wildman–Crippen LogP) is 3.28. The second-order valence-corrected chi connectivity index (χ2v) is 6.81. The highest BCUT2D eigenvalue weighted by atomic mass is 32.1. The van der Waals surface area contributed by atoms with Gasteiger partial charge in [-0.3, -0.25) is 10.1 Å². The van der Waals surface area contributed by atoms with Gasteiger partial charge in [0.15, 0.2) is 0 Å². The van der Waals surface area contributed by atoms with Gasteiger partial charge in [-0.25, -0.2) is 9.97 Å². The van der Waals surface area contributed by atoms with Gasteiger partial charge in [-0.15, -0.1) is 5.10 Å². The van der Waals surface area contributed by atoms with Crippen LogP contribution in [0.1, 0.15) is 12.0 Å². The summed E-state index contributed by atoms with van der Waals surface area (Å²) >= 11 is 1.30. The summed E-state index contributed by atoms with van der Waals surface area (Å²) < 4.78 is 3.86. The second kappa shape index (κ2) is 8.09. The highest BCUT2D eigenvalue weighted by Gasteiger charge is 2.27. The third-order valence-electron chi connectivity index (χ3n) is 4.41. The van der Waals surface area contributed by atoms with Gasteiger partial charge in [0.2, 0.25) is 11.6 Å². The molecule has 142 valence electrons. The highest BCUT2D eigenvalue weighted by molar-refractivity contribution is 7.03. The standard InChI is InChI=1S/C18H17N7O2S/c26-25(27)16-17(20-12-21-18(16)24-8-2-1-3-9-24)19-10-13-4-6-14(7-5-13)15-11-28-23-22-15/h1-2,4-7,11-12H,3,8-10H2,(H,19,20,21). The van der Waals surface area contributed by atoms with Crippen molar-refractivity contribution in [3.8, 4) is 11.3 Å². The number of nitro groups is 1. The summed E-state index contributed by atoms with van der Waals surface area (Å²) in [5.74, 6) is 0.565. The predicted molar refractivity (Wildman–Crippen MR) is 107 cm³/mol. The molecule has 1 aromatic carbocycles. The summed E-state index contributed by atoms with van der Waals surface area (Å²) in [4.78, 5) is 21.4. The molecule has 0 radical (unpaired) electrons. The van der Waals surface area contributed by atoms with Crippen LogP contribution in [0.25, 0.3) is 11.3 Å². The molecule has 3 aromatic rings.